The fourth-order valence-electron chi connectivity index (χ4n) is 2.14. The van der Waals surface area contributed by atoms with Gasteiger partial charge in [0, 0.05) is 12.8 Å². The Labute approximate surface area is 142 Å². The van der Waals surface area contributed by atoms with Crippen LogP contribution in [0.15, 0.2) is 53.7 Å². The molecule has 0 atom stereocenters. The number of hydrogen-bond donors (Lipinski definition) is 0. The predicted molar refractivity (Wildman–Crippen MR) is 89.0 cm³/mol. The Hall–Kier alpha value is -2.41. The molecular formula is C17H15F2N3OS. The molecule has 3 rings (SSSR count). The Kier molecular flexibility index (Phi) is 5.10. The fourth-order valence-corrected chi connectivity index (χ4v) is 2.87. The molecule has 0 aliphatic heterocycles. The van der Waals surface area contributed by atoms with Crippen molar-refractivity contribution in [3.8, 4) is 17.1 Å². The first-order valence-electron chi connectivity index (χ1n) is 7.30. The summed E-state index contributed by atoms with van der Waals surface area (Å²) in [4.78, 5) is 0. The Bertz CT molecular complexity index is 821. The van der Waals surface area contributed by atoms with Crippen LogP contribution in [-0.4, -0.2) is 27.1 Å². The molecule has 24 heavy (non-hydrogen) atoms. The molecule has 0 N–H and O–H groups in total. The molecule has 0 fully saturated rings. The standard InChI is InChI=1S/C17H15F2N3OS/c1-22-16(14-4-2-3-5-15(14)19)20-21-17(22)24-11-10-23-13-8-6-12(18)7-9-13/h2-9H,10-11H2,1H3. The van der Waals surface area contributed by atoms with Crippen molar-refractivity contribution >= 4 is 11.8 Å². The molecule has 3 aromatic rings. The minimum atomic E-state index is -0.329. The van der Waals surface area contributed by atoms with E-state index in [1.54, 1.807) is 41.9 Å². The van der Waals surface area contributed by atoms with E-state index in [9.17, 15) is 8.78 Å². The van der Waals surface area contributed by atoms with Gasteiger partial charge in [-0.25, -0.2) is 8.78 Å². The van der Waals surface area contributed by atoms with Gasteiger partial charge in [0.05, 0.1) is 12.2 Å². The van der Waals surface area contributed by atoms with E-state index in [0.29, 0.717) is 34.7 Å². The molecule has 0 radical (unpaired) electrons. The molecule has 0 amide bonds. The summed E-state index contributed by atoms with van der Waals surface area (Å²) in [6.07, 6.45) is 0. The number of nitrogens with zero attached hydrogens (tertiary/aromatic N) is 3. The molecule has 1 heterocycles. The highest BCUT2D eigenvalue weighted by Gasteiger charge is 2.14. The average Bonchev–Trinajstić information content (AvgIpc) is 2.94. The lowest BCUT2D eigenvalue weighted by molar-refractivity contribution is 0.343. The first-order valence-corrected chi connectivity index (χ1v) is 8.29. The minimum Gasteiger partial charge on any atom is -0.493 e. The van der Waals surface area contributed by atoms with Gasteiger partial charge in [-0.2, -0.15) is 0 Å². The van der Waals surface area contributed by atoms with Crippen LogP contribution in [-0.2, 0) is 7.05 Å². The zero-order valence-electron chi connectivity index (χ0n) is 12.9. The van der Waals surface area contributed by atoms with Gasteiger partial charge in [0.1, 0.15) is 17.4 Å². The summed E-state index contributed by atoms with van der Waals surface area (Å²) >= 11 is 1.46. The van der Waals surface area contributed by atoms with E-state index in [1.807, 2.05) is 0 Å². The highest BCUT2D eigenvalue weighted by molar-refractivity contribution is 7.99. The summed E-state index contributed by atoms with van der Waals surface area (Å²) in [6, 6.07) is 12.3. The predicted octanol–water partition coefficient (Wildman–Crippen LogP) is 3.93. The van der Waals surface area contributed by atoms with E-state index in [1.165, 1.54) is 30.0 Å². The molecular weight excluding hydrogens is 332 g/mol. The van der Waals surface area contributed by atoms with Crippen LogP contribution in [0, 0.1) is 11.6 Å². The van der Waals surface area contributed by atoms with Gasteiger partial charge < -0.3 is 9.30 Å². The van der Waals surface area contributed by atoms with Crippen LogP contribution in [0.3, 0.4) is 0 Å². The largest absolute Gasteiger partial charge is 0.493 e. The van der Waals surface area contributed by atoms with Crippen molar-refractivity contribution in [2.24, 2.45) is 7.05 Å². The molecule has 124 valence electrons. The van der Waals surface area contributed by atoms with Crippen molar-refractivity contribution in [3.05, 3.63) is 60.2 Å². The summed E-state index contributed by atoms with van der Waals surface area (Å²) in [5, 5.41) is 8.83. The van der Waals surface area contributed by atoms with Crippen molar-refractivity contribution < 1.29 is 13.5 Å². The zero-order chi connectivity index (χ0) is 16.9. The smallest absolute Gasteiger partial charge is 0.191 e. The lowest BCUT2D eigenvalue weighted by Gasteiger charge is -2.06. The number of hydrogen-bond acceptors (Lipinski definition) is 4. The third-order valence-electron chi connectivity index (χ3n) is 3.35. The Balaban J connectivity index is 1.59. The maximum atomic E-state index is 13.9. The first kappa shape index (κ1) is 16.4. The maximum absolute atomic E-state index is 13.9. The van der Waals surface area contributed by atoms with E-state index >= 15 is 0 Å². The number of thioether (sulfide) groups is 1. The third kappa shape index (κ3) is 3.73. The molecule has 0 spiro atoms. The maximum Gasteiger partial charge on any atom is 0.191 e. The normalized spacial score (nSPS) is 10.8. The van der Waals surface area contributed by atoms with Crippen molar-refractivity contribution in [1.29, 1.82) is 0 Å². The van der Waals surface area contributed by atoms with Gasteiger partial charge in [0.2, 0.25) is 0 Å². The quantitative estimate of drug-likeness (QED) is 0.500. The average molecular weight is 347 g/mol. The van der Waals surface area contributed by atoms with Gasteiger partial charge in [-0.3, -0.25) is 0 Å². The molecule has 7 heteroatoms. The molecule has 1 aromatic heterocycles. The zero-order valence-corrected chi connectivity index (χ0v) is 13.8. The van der Waals surface area contributed by atoms with Gasteiger partial charge in [0.25, 0.3) is 0 Å². The van der Waals surface area contributed by atoms with E-state index in [2.05, 4.69) is 10.2 Å². The molecule has 0 aliphatic rings. The molecule has 0 saturated carbocycles. The number of aromatic nitrogens is 3. The molecule has 0 aliphatic carbocycles. The van der Waals surface area contributed by atoms with E-state index in [4.69, 9.17) is 4.74 Å². The summed E-state index contributed by atoms with van der Waals surface area (Å²) in [5.41, 5.74) is 0.418. The Morgan fingerprint density at radius 3 is 2.54 bits per heavy atom. The monoisotopic (exact) mass is 347 g/mol. The second-order valence-corrected chi connectivity index (χ2v) is 6.06. The summed E-state index contributed by atoms with van der Waals surface area (Å²) in [6.45, 7) is 0.443. The third-order valence-corrected chi connectivity index (χ3v) is 4.33. The van der Waals surface area contributed by atoms with Gasteiger partial charge in [0.15, 0.2) is 11.0 Å². The van der Waals surface area contributed by atoms with Crippen LogP contribution in [0.2, 0.25) is 0 Å². The number of halogens is 2. The molecule has 4 nitrogen and oxygen atoms in total. The molecule has 0 bridgehead atoms. The van der Waals surface area contributed by atoms with Gasteiger partial charge in [-0.1, -0.05) is 23.9 Å². The van der Waals surface area contributed by atoms with Gasteiger partial charge >= 0.3 is 0 Å². The van der Waals surface area contributed by atoms with E-state index < -0.39 is 0 Å². The second kappa shape index (κ2) is 7.44. The molecule has 0 saturated heterocycles. The van der Waals surface area contributed by atoms with Crippen LogP contribution < -0.4 is 4.74 Å². The number of rotatable bonds is 6. The second-order valence-electron chi connectivity index (χ2n) is 5.00. The van der Waals surface area contributed by atoms with E-state index in [0.717, 1.165) is 0 Å². The molecule has 2 aromatic carbocycles. The topological polar surface area (TPSA) is 39.9 Å². The Morgan fingerprint density at radius 1 is 1.04 bits per heavy atom. The van der Waals surface area contributed by atoms with Crippen LogP contribution in [0.4, 0.5) is 8.78 Å². The number of benzene rings is 2. The van der Waals surface area contributed by atoms with Crippen LogP contribution >= 0.6 is 11.8 Å². The van der Waals surface area contributed by atoms with Gasteiger partial charge in [-0.05, 0) is 36.4 Å². The fraction of sp³-hybridized carbons (Fsp3) is 0.176. The lowest BCUT2D eigenvalue weighted by atomic mass is 10.2. The Morgan fingerprint density at radius 2 is 1.79 bits per heavy atom. The summed E-state index contributed by atoms with van der Waals surface area (Å²) < 4.78 is 33.9. The lowest BCUT2D eigenvalue weighted by Crippen LogP contribution is -2.02. The van der Waals surface area contributed by atoms with Crippen molar-refractivity contribution in [2.45, 2.75) is 5.16 Å². The van der Waals surface area contributed by atoms with Crippen LogP contribution in [0.5, 0.6) is 5.75 Å². The van der Waals surface area contributed by atoms with Crippen molar-refractivity contribution in [3.63, 3.8) is 0 Å². The highest BCUT2D eigenvalue weighted by atomic mass is 32.2. The van der Waals surface area contributed by atoms with Crippen molar-refractivity contribution in [2.75, 3.05) is 12.4 Å². The van der Waals surface area contributed by atoms with Crippen LogP contribution in [0.1, 0.15) is 0 Å². The first-order chi connectivity index (χ1) is 11.6. The minimum absolute atomic E-state index is 0.295. The summed E-state index contributed by atoms with van der Waals surface area (Å²) in [5.74, 6) is 1.11. The van der Waals surface area contributed by atoms with Gasteiger partial charge in [-0.15, -0.1) is 10.2 Å². The highest BCUT2D eigenvalue weighted by Crippen LogP contribution is 2.24. The van der Waals surface area contributed by atoms with Crippen molar-refractivity contribution in [1.82, 2.24) is 14.8 Å². The molecule has 0 unspecified atom stereocenters. The van der Waals surface area contributed by atoms with E-state index in [-0.39, 0.29) is 11.6 Å². The van der Waals surface area contributed by atoms with Crippen LogP contribution in [0.25, 0.3) is 11.4 Å². The summed E-state index contributed by atoms with van der Waals surface area (Å²) in [7, 11) is 1.80. The SMILES string of the molecule is Cn1c(SCCOc2ccc(F)cc2)nnc1-c1ccccc1F. The number of ether oxygens (including phenoxy) is 1.